The van der Waals surface area contributed by atoms with Crippen LogP contribution in [0, 0.1) is 22.7 Å². The lowest BCUT2D eigenvalue weighted by Gasteiger charge is -2.69. The Kier molecular flexibility index (Phi) is 10.7. The van der Waals surface area contributed by atoms with E-state index in [-0.39, 0.29) is 36.2 Å². The molecule has 11 heteroatoms. The van der Waals surface area contributed by atoms with Crippen molar-refractivity contribution in [2.45, 2.75) is 186 Å². The van der Waals surface area contributed by atoms with Crippen LogP contribution in [0.4, 0.5) is 0 Å². The molecule has 0 aromatic rings. The van der Waals surface area contributed by atoms with Crippen LogP contribution in [0.15, 0.2) is 11.1 Å². The Morgan fingerprint density at radius 3 is 1.88 bits per heavy atom. The summed E-state index contributed by atoms with van der Waals surface area (Å²) < 4.78 is 34.8. The third-order valence-electron chi connectivity index (χ3n) is 15.2. The number of Topliss-reactive ketones (excluding diaryl/α,β-unsaturated/α-hetero) is 1. The van der Waals surface area contributed by atoms with Gasteiger partial charge < -0.3 is 23.1 Å². The van der Waals surface area contributed by atoms with Gasteiger partial charge in [-0.25, -0.2) is 0 Å². The number of carbonyl (C=O) groups excluding carboxylic acids is 3. The average Bonchev–Trinajstić information content (AvgIpc) is 3.38. The van der Waals surface area contributed by atoms with Crippen molar-refractivity contribution in [3.8, 4) is 0 Å². The highest BCUT2D eigenvalue weighted by Crippen LogP contribution is 2.71. The lowest BCUT2D eigenvalue weighted by Crippen LogP contribution is -2.80. The standard InChI is InChI=1S/C39H68O8Si3/c1-15-49(16-2,17-3)46-29-22-30-38(24-43-30,44-26(8)40)34-27-21-31(41)45-39(27)23-28(48(12,13)14)25(7)32(36(39,9)10)33(35(42)37(29,34)11)47-50(18-4,19-5)20-6/h27-30,33-34H,15-24H2,1-14H3/t27-,28-,29-,30+,33+,34-,37+,38-,39+/m0/s1. The minimum atomic E-state index is -2.38. The molecular weight excluding hydrogens is 681 g/mol. The number of carbonyl (C=O) groups is 3. The van der Waals surface area contributed by atoms with Crippen LogP contribution in [-0.2, 0) is 37.4 Å². The zero-order valence-electron chi connectivity index (χ0n) is 33.8. The number of ether oxygens (including phenoxy) is 3. The second-order valence-electron chi connectivity index (χ2n) is 18.3. The molecule has 0 unspecified atom stereocenters. The second-order valence-corrected chi connectivity index (χ2v) is 33.2. The van der Waals surface area contributed by atoms with E-state index in [9.17, 15) is 9.59 Å². The molecule has 0 radical (unpaired) electrons. The van der Waals surface area contributed by atoms with Gasteiger partial charge in [-0.3, -0.25) is 14.4 Å². The fourth-order valence-corrected chi connectivity index (χ4v) is 19.8. The van der Waals surface area contributed by atoms with Gasteiger partial charge in [-0.2, -0.15) is 0 Å². The maximum absolute atomic E-state index is 16.4. The summed E-state index contributed by atoms with van der Waals surface area (Å²) in [5.74, 6) is -1.53. The topological polar surface area (TPSA) is 97.4 Å². The van der Waals surface area contributed by atoms with E-state index in [0.29, 0.717) is 12.8 Å². The molecule has 1 spiro atoms. The van der Waals surface area contributed by atoms with Gasteiger partial charge in [-0.1, -0.05) is 80.6 Å². The summed E-state index contributed by atoms with van der Waals surface area (Å²) in [6, 6.07) is 5.53. The molecule has 5 aliphatic rings. The highest BCUT2D eigenvalue weighted by molar-refractivity contribution is 6.78. The minimum Gasteiger partial charge on any atom is -0.458 e. The van der Waals surface area contributed by atoms with Gasteiger partial charge in [0.25, 0.3) is 0 Å². The van der Waals surface area contributed by atoms with Crippen molar-refractivity contribution in [1.29, 1.82) is 0 Å². The number of rotatable bonds is 12. The lowest BCUT2D eigenvalue weighted by molar-refractivity contribution is -0.333. The van der Waals surface area contributed by atoms with E-state index in [4.69, 9.17) is 23.1 Å². The van der Waals surface area contributed by atoms with Crippen molar-refractivity contribution in [2.24, 2.45) is 22.7 Å². The van der Waals surface area contributed by atoms with Gasteiger partial charge in [0.1, 0.15) is 17.8 Å². The normalized spacial score (nSPS) is 38.3. The summed E-state index contributed by atoms with van der Waals surface area (Å²) in [6.45, 7) is 30.8. The first kappa shape index (κ1) is 40.1. The SMILES string of the molecule is CC[Si](CC)(CC)O[C@H]1C(=O)[C@]2(C)[C@@H](O[Si](CC)(CC)CC)C[C@H]3OC[C@@]3(OC(C)=O)[C@H]2[C@@H]2CC(=O)O[C@]23C[C@H]([Si](C)(C)C)C(C)=C1C3(C)C. The van der Waals surface area contributed by atoms with Crippen molar-refractivity contribution < 1.29 is 37.4 Å². The molecule has 0 N–H and O–H groups in total. The van der Waals surface area contributed by atoms with E-state index >= 15 is 4.79 Å². The Morgan fingerprint density at radius 1 is 0.880 bits per heavy atom. The molecule has 2 saturated heterocycles. The number of ketones is 1. The summed E-state index contributed by atoms with van der Waals surface area (Å²) in [7, 11) is -6.58. The summed E-state index contributed by atoms with van der Waals surface area (Å²) >= 11 is 0. The van der Waals surface area contributed by atoms with Crippen LogP contribution >= 0.6 is 0 Å². The highest BCUT2D eigenvalue weighted by Gasteiger charge is 2.79. The molecule has 0 aromatic heterocycles. The Morgan fingerprint density at radius 2 is 1.42 bits per heavy atom. The van der Waals surface area contributed by atoms with E-state index < -0.39 is 76.9 Å². The molecular formula is C39H68O8Si3. The monoisotopic (exact) mass is 748 g/mol. The average molecular weight is 749 g/mol. The molecule has 0 aromatic carbocycles. The Balaban J connectivity index is 1.92. The smallest absolute Gasteiger partial charge is 0.306 e. The van der Waals surface area contributed by atoms with Crippen LogP contribution in [0.2, 0.25) is 61.4 Å². The fraction of sp³-hybridized carbons (Fsp3) is 0.872. The number of allylic oxidation sites excluding steroid dienone is 1. The minimum absolute atomic E-state index is 0.0365. The molecule has 5 rings (SSSR count). The Hall–Kier alpha value is -1.12. The maximum Gasteiger partial charge on any atom is 0.306 e. The zero-order chi connectivity index (χ0) is 37.5. The lowest BCUT2D eigenvalue weighted by atomic mass is 9.42. The van der Waals surface area contributed by atoms with E-state index in [1.54, 1.807) is 0 Å². The van der Waals surface area contributed by atoms with Gasteiger partial charge in [0.2, 0.25) is 0 Å². The molecule has 8 nitrogen and oxygen atoms in total. The van der Waals surface area contributed by atoms with E-state index in [1.807, 2.05) is 0 Å². The molecule has 4 fully saturated rings. The molecule has 2 saturated carbocycles. The van der Waals surface area contributed by atoms with Crippen LogP contribution in [0.1, 0.15) is 95.4 Å². The largest absolute Gasteiger partial charge is 0.458 e. The number of fused-ring (bicyclic) bond motifs is 5. The first-order valence-electron chi connectivity index (χ1n) is 19.8. The summed E-state index contributed by atoms with van der Waals surface area (Å²) in [5.41, 5.74) is -1.37. The fourth-order valence-electron chi connectivity index (χ4n) is 11.8. The van der Waals surface area contributed by atoms with Crippen molar-refractivity contribution in [1.82, 2.24) is 0 Å². The Bertz CT molecular complexity index is 1380. The van der Waals surface area contributed by atoms with Gasteiger partial charge >= 0.3 is 11.9 Å². The molecule has 2 heterocycles. The zero-order valence-corrected chi connectivity index (χ0v) is 36.8. The molecule has 0 amide bonds. The quantitative estimate of drug-likeness (QED) is 0.111. The first-order valence-corrected chi connectivity index (χ1v) is 28.5. The van der Waals surface area contributed by atoms with Crippen molar-refractivity contribution in [3.05, 3.63) is 11.1 Å². The van der Waals surface area contributed by atoms with E-state index in [0.717, 1.165) is 41.8 Å². The molecule has 9 atom stereocenters. The predicted octanol–water partition coefficient (Wildman–Crippen LogP) is 8.83. The first-order chi connectivity index (χ1) is 23.2. The van der Waals surface area contributed by atoms with Gasteiger partial charge in [-0.05, 0) is 67.6 Å². The van der Waals surface area contributed by atoms with Gasteiger partial charge in [0, 0.05) is 30.6 Å². The van der Waals surface area contributed by atoms with Crippen molar-refractivity contribution >= 4 is 42.4 Å². The molecule has 284 valence electrons. The molecule has 2 aliphatic heterocycles. The number of hydrogen-bond donors (Lipinski definition) is 0. The molecule has 3 aliphatic carbocycles. The van der Waals surface area contributed by atoms with E-state index in [2.05, 4.69) is 88.9 Å². The van der Waals surface area contributed by atoms with Crippen LogP contribution in [0.5, 0.6) is 0 Å². The summed E-state index contributed by atoms with van der Waals surface area (Å²) in [4.78, 5) is 43.6. The molecule has 2 bridgehead atoms. The maximum atomic E-state index is 16.4. The summed E-state index contributed by atoms with van der Waals surface area (Å²) in [6.07, 6.45) is -0.394. The predicted molar refractivity (Wildman–Crippen MR) is 205 cm³/mol. The molecule has 50 heavy (non-hydrogen) atoms. The third-order valence-corrected chi connectivity index (χ3v) is 27.2. The van der Waals surface area contributed by atoms with Gasteiger partial charge in [-0.15, -0.1) is 0 Å². The van der Waals surface area contributed by atoms with Gasteiger partial charge in [0.15, 0.2) is 28.0 Å². The van der Waals surface area contributed by atoms with Gasteiger partial charge in [0.05, 0.1) is 32.6 Å². The summed E-state index contributed by atoms with van der Waals surface area (Å²) in [5, 5.41) is 0. The van der Waals surface area contributed by atoms with Crippen LogP contribution in [0.3, 0.4) is 0 Å². The van der Waals surface area contributed by atoms with Crippen molar-refractivity contribution in [3.63, 3.8) is 0 Å². The Labute approximate surface area is 305 Å². The third kappa shape index (κ3) is 5.59. The van der Waals surface area contributed by atoms with Crippen LogP contribution < -0.4 is 0 Å². The second kappa shape index (κ2) is 13.3. The van der Waals surface area contributed by atoms with E-state index in [1.165, 1.54) is 12.5 Å². The number of hydrogen-bond acceptors (Lipinski definition) is 8. The van der Waals surface area contributed by atoms with Crippen LogP contribution in [0.25, 0.3) is 0 Å². The van der Waals surface area contributed by atoms with Crippen LogP contribution in [-0.4, -0.2) is 78.6 Å². The van der Waals surface area contributed by atoms with Crippen molar-refractivity contribution in [2.75, 3.05) is 6.61 Å². The highest BCUT2D eigenvalue weighted by atomic mass is 28.4. The number of esters is 2.